The second kappa shape index (κ2) is 9.07. The fourth-order valence-corrected chi connectivity index (χ4v) is 5.16. The van der Waals surface area contributed by atoms with Gasteiger partial charge in [-0.1, -0.05) is 18.2 Å². The number of unbranched alkanes of at least 4 members (excludes halogenated alkanes) is 1. The second-order valence-electron chi connectivity index (χ2n) is 7.45. The zero-order valence-electron chi connectivity index (χ0n) is 16.5. The summed E-state index contributed by atoms with van der Waals surface area (Å²) in [6, 6.07) is 14.6. The van der Waals surface area contributed by atoms with Crippen molar-refractivity contribution in [1.82, 2.24) is 4.90 Å². The Bertz CT molecular complexity index is 793. The standard InChI is InChI=1S/C22H29N3O2S/c1-27-21-8-3-2-7-20(21)25-14-12-24(13-15-25)11-5-4-6-18-9-10-19-22(16-18)28(26)17-23-19/h2-3,7-10,16,23H,4-6,11-15,17H2,1H3. The number of nitrogens with zero attached hydrogens (tertiary/aromatic N) is 2. The normalized spacial score (nSPS) is 19.4. The Morgan fingerprint density at radius 1 is 1.07 bits per heavy atom. The van der Waals surface area contributed by atoms with E-state index in [1.54, 1.807) is 7.11 Å². The lowest BCUT2D eigenvalue weighted by molar-refractivity contribution is 0.252. The van der Waals surface area contributed by atoms with Crippen LogP contribution in [0.3, 0.4) is 0 Å². The topological polar surface area (TPSA) is 50.8 Å². The molecule has 2 aromatic carbocycles. The van der Waals surface area contributed by atoms with E-state index in [-0.39, 0.29) is 0 Å². The van der Waals surface area contributed by atoms with Gasteiger partial charge in [0.05, 0.1) is 18.5 Å². The summed E-state index contributed by atoms with van der Waals surface area (Å²) < 4.78 is 17.5. The van der Waals surface area contributed by atoms with Crippen molar-refractivity contribution in [3.8, 4) is 5.75 Å². The number of nitrogens with one attached hydrogen (secondary N) is 1. The van der Waals surface area contributed by atoms with Crippen LogP contribution in [0, 0.1) is 0 Å². The zero-order valence-corrected chi connectivity index (χ0v) is 17.3. The number of anilines is 2. The number of rotatable bonds is 7. The van der Waals surface area contributed by atoms with Crippen molar-refractivity contribution in [1.29, 1.82) is 0 Å². The van der Waals surface area contributed by atoms with Gasteiger partial charge in [-0.05, 0) is 55.6 Å². The second-order valence-corrected chi connectivity index (χ2v) is 8.87. The molecule has 2 heterocycles. The highest BCUT2D eigenvalue weighted by atomic mass is 32.2. The molecular weight excluding hydrogens is 370 g/mol. The van der Waals surface area contributed by atoms with Crippen LogP contribution >= 0.6 is 0 Å². The first-order valence-electron chi connectivity index (χ1n) is 10.1. The Kier molecular flexibility index (Phi) is 6.29. The molecular formula is C22H29N3O2S. The van der Waals surface area contributed by atoms with Gasteiger partial charge in [-0.25, -0.2) is 0 Å². The molecule has 5 nitrogen and oxygen atoms in total. The Morgan fingerprint density at radius 3 is 2.71 bits per heavy atom. The van der Waals surface area contributed by atoms with Crippen LogP contribution in [-0.2, 0) is 17.6 Å². The molecule has 2 aromatic rings. The largest absolute Gasteiger partial charge is 0.610 e. The molecule has 0 spiro atoms. The van der Waals surface area contributed by atoms with Gasteiger partial charge in [-0.3, -0.25) is 4.90 Å². The quantitative estimate of drug-likeness (QED) is 0.572. The fraction of sp³-hybridized carbons (Fsp3) is 0.455. The van der Waals surface area contributed by atoms with Crippen LogP contribution in [0.15, 0.2) is 47.4 Å². The molecule has 1 saturated heterocycles. The lowest BCUT2D eigenvalue weighted by Gasteiger charge is -2.36. The highest BCUT2D eigenvalue weighted by Gasteiger charge is 2.24. The average Bonchev–Trinajstić information content (AvgIpc) is 3.12. The average molecular weight is 400 g/mol. The minimum Gasteiger partial charge on any atom is -0.610 e. The van der Waals surface area contributed by atoms with E-state index in [4.69, 9.17) is 4.74 Å². The van der Waals surface area contributed by atoms with Crippen LogP contribution < -0.4 is 15.0 Å². The van der Waals surface area contributed by atoms with E-state index in [1.165, 1.54) is 24.1 Å². The summed E-state index contributed by atoms with van der Waals surface area (Å²) in [5, 5.41) is 3.19. The number of methoxy groups -OCH3 is 1. The number of benzene rings is 2. The van der Waals surface area contributed by atoms with Gasteiger partial charge in [-0.2, -0.15) is 0 Å². The summed E-state index contributed by atoms with van der Waals surface area (Å²) in [5.41, 5.74) is 3.54. The maximum Gasteiger partial charge on any atom is 0.181 e. The van der Waals surface area contributed by atoms with Crippen molar-refractivity contribution in [2.75, 3.05) is 55.9 Å². The van der Waals surface area contributed by atoms with Crippen molar-refractivity contribution in [3.63, 3.8) is 0 Å². The number of hydrogen-bond donors (Lipinski definition) is 1. The van der Waals surface area contributed by atoms with Gasteiger partial charge in [0, 0.05) is 37.4 Å². The predicted octanol–water partition coefficient (Wildman–Crippen LogP) is 3.33. The number of ether oxygens (including phenoxy) is 1. The van der Waals surface area contributed by atoms with Crippen molar-refractivity contribution in [3.05, 3.63) is 48.0 Å². The molecule has 1 atom stereocenters. The summed E-state index contributed by atoms with van der Waals surface area (Å²) in [7, 11) is 1.74. The molecule has 4 rings (SSSR count). The van der Waals surface area contributed by atoms with E-state index < -0.39 is 11.2 Å². The van der Waals surface area contributed by atoms with E-state index in [0.29, 0.717) is 5.88 Å². The van der Waals surface area contributed by atoms with Gasteiger partial charge in [0.2, 0.25) is 0 Å². The van der Waals surface area contributed by atoms with Crippen LogP contribution in [0.25, 0.3) is 0 Å². The van der Waals surface area contributed by atoms with Crippen molar-refractivity contribution in [2.24, 2.45) is 0 Å². The lowest BCUT2D eigenvalue weighted by atomic mass is 10.1. The summed E-state index contributed by atoms with van der Waals surface area (Å²) in [6.45, 7) is 5.44. The molecule has 0 aromatic heterocycles. The SMILES string of the molecule is COc1ccccc1N1CCN(CCCCc2ccc3c(c2)[S+]([O-])CN3)CC1. The van der Waals surface area contributed by atoms with Gasteiger partial charge in [0.15, 0.2) is 10.8 Å². The number of hydrogen-bond acceptors (Lipinski definition) is 5. The van der Waals surface area contributed by atoms with Crippen molar-refractivity contribution >= 4 is 22.6 Å². The molecule has 28 heavy (non-hydrogen) atoms. The molecule has 0 aliphatic carbocycles. The molecule has 6 heteroatoms. The maximum absolute atomic E-state index is 12.0. The molecule has 0 amide bonds. The number of para-hydroxylation sites is 2. The molecule has 2 aliphatic heterocycles. The highest BCUT2D eigenvalue weighted by molar-refractivity contribution is 7.92. The number of aryl methyl sites for hydroxylation is 1. The van der Waals surface area contributed by atoms with Crippen molar-refractivity contribution < 1.29 is 9.29 Å². The third-order valence-corrected chi connectivity index (χ3v) is 6.91. The van der Waals surface area contributed by atoms with Crippen LogP contribution in [0.1, 0.15) is 18.4 Å². The summed E-state index contributed by atoms with van der Waals surface area (Å²) in [4.78, 5) is 5.96. The van der Waals surface area contributed by atoms with Gasteiger partial charge < -0.3 is 19.5 Å². The molecule has 0 bridgehead atoms. The fourth-order valence-electron chi connectivity index (χ4n) is 4.05. The van der Waals surface area contributed by atoms with Crippen molar-refractivity contribution in [2.45, 2.75) is 24.2 Å². The van der Waals surface area contributed by atoms with Gasteiger partial charge >= 0.3 is 0 Å². The van der Waals surface area contributed by atoms with E-state index in [2.05, 4.69) is 45.4 Å². The first-order valence-corrected chi connectivity index (χ1v) is 11.4. The first kappa shape index (κ1) is 19.4. The van der Waals surface area contributed by atoms with Gasteiger partial charge in [0.25, 0.3) is 0 Å². The molecule has 0 radical (unpaired) electrons. The molecule has 1 unspecified atom stereocenters. The van der Waals surface area contributed by atoms with Crippen LogP contribution in [0.4, 0.5) is 11.4 Å². The molecule has 2 aliphatic rings. The van der Waals surface area contributed by atoms with E-state index >= 15 is 0 Å². The van der Waals surface area contributed by atoms with Crippen LogP contribution in [0.2, 0.25) is 0 Å². The minimum atomic E-state index is -0.874. The number of fused-ring (bicyclic) bond motifs is 1. The predicted molar refractivity (Wildman–Crippen MR) is 116 cm³/mol. The molecule has 0 saturated carbocycles. The Balaban J connectivity index is 1.20. The van der Waals surface area contributed by atoms with E-state index in [9.17, 15) is 4.55 Å². The molecule has 1 fully saturated rings. The highest BCUT2D eigenvalue weighted by Crippen LogP contribution is 2.30. The summed E-state index contributed by atoms with van der Waals surface area (Å²) in [6.07, 6.45) is 3.43. The Labute approximate surface area is 170 Å². The molecule has 150 valence electrons. The third-order valence-electron chi connectivity index (χ3n) is 5.67. The van der Waals surface area contributed by atoms with Gasteiger partial charge in [0.1, 0.15) is 5.75 Å². The Hall–Kier alpha value is -1.89. The summed E-state index contributed by atoms with van der Waals surface area (Å²) in [5.74, 6) is 1.51. The zero-order chi connectivity index (χ0) is 19.3. The first-order chi connectivity index (χ1) is 13.7. The van der Waals surface area contributed by atoms with Gasteiger partial charge in [-0.15, -0.1) is 0 Å². The lowest BCUT2D eigenvalue weighted by Crippen LogP contribution is -2.46. The van der Waals surface area contributed by atoms with Crippen LogP contribution in [-0.4, -0.2) is 55.2 Å². The minimum absolute atomic E-state index is 0.555. The monoisotopic (exact) mass is 399 g/mol. The maximum atomic E-state index is 12.0. The van der Waals surface area contributed by atoms with Crippen LogP contribution in [0.5, 0.6) is 5.75 Å². The van der Waals surface area contributed by atoms with E-state index in [1.807, 2.05) is 12.1 Å². The third kappa shape index (κ3) is 4.40. The Morgan fingerprint density at radius 2 is 1.89 bits per heavy atom. The molecule has 1 N–H and O–H groups in total. The van der Waals surface area contributed by atoms with E-state index in [0.717, 1.165) is 55.5 Å². The smallest absolute Gasteiger partial charge is 0.181 e. The number of piperazine rings is 1. The summed E-state index contributed by atoms with van der Waals surface area (Å²) >= 11 is -0.874.